The van der Waals surface area contributed by atoms with Crippen LogP contribution in [0.3, 0.4) is 0 Å². The summed E-state index contributed by atoms with van der Waals surface area (Å²) in [6, 6.07) is 8.12. The van der Waals surface area contributed by atoms with Crippen LogP contribution in [0.5, 0.6) is 5.75 Å². The van der Waals surface area contributed by atoms with Crippen molar-refractivity contribution < 1.29 is 4.74 Å². The molecule has 8 heteroatoms. The van der Waals surface area contributed by atoms with Crippen LogP contribution in [0.4, 0.5) is 0 Å². The Morgan fingerprint density at radius 2 is 1.83 bits per heavy atom. The molecule has 1 fully saturated rings. The Bertz CT molecular complexity index is 864. The Morgan fingerprint density at radius 3 is 2.53 bits per heavy atom. The van der Waals surface area contributed by atoms with E-state index in [2.05, 4.69) is 20.1 Å². The van der Waals surface area contributed by atoms with Gasteiger partial charge in [0.05, 0.1) is 22.9 Å². The summed E-state index contributed by atoms with van der Waals surface area (Å²) < 4.78 is 5.90. The number of rotatable bonds is 10. The molecule has 1 aliphatic rings. The standard InChI is InChI=1S/C22H32N6OS/c1-16-20(17(2)26-27-22(23)24)30-21(25-16)18-8-10-19(11-9-18)29-15-7-3-4-12-28-13-5-6-14-28/h8-11H,3-7,12-15H2,1-2H3,(H4,23,24,27)/b26-17+. The van der Waals surface area contributed by atoms with Gasteiger partial charge in [0, 0.05) is 5.56 Å². The smallest absolute Gasteiger partial charge is 0.211 e. The van der Waals surface area contributed by atoms with Gasteiger partial charge in [0.25, 0.3) is 0 Å². The van der Waals surface area contributed by atoms with E-state index in [0.717, 1.165) is 45.6 Å². The zero-order chi connectivity index (χ0) is 21.3. The minimum atomic E-state index is -0.0566. The summed E-state index contributed by atoms with van der Waals surface area (Å²) in [6.45, 7) is 8.40. The van der Waals surface area contributed by atoms with Crippen molar-refractivity contribution in [3.8, 4) is 16.3 Å². The summed E-state index contributed by atoms with van der Waals surface area (Å²) in [5, 5.41) is 8.72. The predicted molar refractivity (Wildman–Crippen MR) is 125 cm³/mol. The molecule has 0 aliphatic carbocycles. The van der Waals surface area contributed by atoms with Crippen LogP contribution in [0, 0.1) is 6.92 Å². The minimum Gasteiger partial charge on any atom is -0.494 e. The Labute approximate surface area is 182 Å². The number of benzene rings is 1. The van der Waals surface area contributed by atoms with E-state index in [-0.39, 0.29) is 5.96 Å². The van der Waals surface area contributed by atoms with Gasteiger partial charge in [0.15, 0.2) is 0 Å². The van der Waals surface area contributed by atoms with E-state index in [1.165, 1.54) is 45.3 Å². The number of ether oxygens (including phenoxy) is 1. The molecular weight excluding hydrogens is 396 g/mol. The average Bonchev–Trinajstić information content (AvgIpc) is 3.39. The largest absolute Gasteiger partial charge is 0.494 e. The third-order valence-electron chi connectivity index (χ3n) is 5.13. The van der Waals surface area contributed by atoms with Gasteiger partial charge >= 0.3 is 0 Å². The lowest BCUT2D eigenvalue weighted by atomic mass is 10.2. The van der Waals surface area contributed by atoms with Crippen LogP contribution in [0.2, 0.25) is 0 Å². The van der Waals surface area contributed by atoms with Gasteiger partial charge in [-0.15, -0.1) is 16.4 Å². The summed E-state index contributed by atoms with van der Waals surface area (Å²) in [5.41, 5.74) is 13.4. The highest BCUT2D eigenvalue weighted by Gasteiger charge is 2.12. The number of hydrogen-bond donors (Lipinski definition) is 2. The maximum absolute atomic E-state index is 5.90. The van der Waals surface area contributed by atoms with Gasteiger partial charge in [-0.25, -0.2) is 4.98 Å². The van der Waals surface area contributed by atoms with Crippen LogP contribution in [0.25, 0.3) is 10.6 Å². The van der Waals surface area contributed by atoms with E-state index >= 15 is 0 Å². The Morgan fingerprint density at radius 1 is 1.10 bits per heavy atom. The molecule has 1 aromatic heterocycles. The fourth-order valence-corrected chi connectivity index (χ4v) is 4.55. The van der Waals surface area contributed by atoms with E-state index in [9.17, 15) is 0 Å². The topological polar surface area (TPSA) is 102 Å². The van der Waals surface area contributed by atoms with E-state index in [0.29, 0.717) is 0 Å². The maximum atomic E-state index is 5.90. The van der Waals surface area contributed by atoms with Crippen LogP contribution in [-0.2, 0) is 0 Å². The zero-order valence-corrected chi connectivity index (χ0v) is 18.7. The molecule has 0 spiro atoms. The number of thiazole rings is 1. The molecule has 0 radical (unpaired) electrons. The molecular formula is C22H32N6OS. The predicted octanol–water partition coefficient (Wildman–Crippen LogP) is 3.76. The van der Waals surface area contributed by atoms with Crippen molar-refractivity contribution in [2.45, 2.75) is 46.0 Å². The first-order chi connectivity index (χ1) is 14.5. The Kier molecular flexibility index (Phi) is 8.21. The molecule has 1 saturated heterocycles. The molecule has 2 aromatic rings. The molecule has 0 unspecified atom stereocenters. The monoisotopic (exact) mass is 428 g/mol. The van der Waals surface area contributed by atoms with E-state index in [1.807, 2.05) is 38.1 Å². The second-order valence-electron chi connectivity index (χ2n) is 7.63. The van der Waals surface area contributed by atoms with Crippen LogP contribution < -0.4 is 16.2 Å². The SMILES string of the molecule is C/C(=N\N=C(N)N)c1sc(-c2ccc(OCCCCCN3CCCC3)cc2)nc1C. The van der Waals surface area contributed by atoms with Crippen molar-refractivity contribution >= 4 is 23.0 Å². The highest BCUT2D eigenvalue weighted by atomic mass is 32.1. The lowest BCUT2D eigenvalue weighted by Crippen LogP contribution is -2.22. The molecule has 0 atom stereocenters. The van der Waals surface area contributed by atoms with Crippen LogP contribution in [0.15, 0.2) is 34.5 Å². The molecule has 2 heterocycles. The summed E-state index contributed by atoms with van der Waals surface area (Å²) >= 11 is 1.58. The first-order valence-electron chi connectivity index (χ1n) is 10.6. The molecule has 1 aliphatic heterocycles. The number of likely N-dealkylation sites (tertiary alicyclic amines) is 1. The Hall–Kier alpha value is -2.45. The molecule has 0 amide bonds. The molecule has 0 saturated carbocycles. The van der Waals surface area contributed by atoms with Gasteiger partial charge in [-0.3, -0.25) is 0 Å². The number of aryl methyl sites for hydroxylation is 1. The third kappa shape index (κ3) is 6.53. The first kappa shape index (κ1) is 22.2. The van der Waals surface area contributed by atoms with Gasteiger partial charge in [-0.2, -0.15) is 5.10 Å². The fraction of sp³-hybridized carbons (Fsp3) is 0.500. The second-order valence-corrected chi connectivity index (χ2v) is 8.63. The fourth-order valence-electron chi connectivity index (χ4n) is 3.54. The van der Waals surface area contributed by atoms with Gasteiger partial charge in [-0.1, -0.05) is 0 Å². The quantitative estimate of drug-likeness (QED) is 0.260. The maximum Gasteiger partial charge on any atom is 0.211 e. The van der Waals surface area contributed by atoms with Crippen molar-refractivity contribution in [3.05, 3.63) is 34.8 Å². The molecule has 1 aromatic carbocycles. The molecule has 162 valence electrons. The highest BCUT2D eigenvalue weighted by molar-refractivity contribution is 7.17. The Balaban J connectivity index is 1.47. The van der Waals surface area contributed by atoms with Crippen LogP contribution >= 0.6 is 11.3 Å². The number of nitrogens with two attached hydrogens (primary N) is 2. The zero-order valence-electron chi connectivity index (χ0n) is 17.9. The number of nitrogens with zero attached hydrogens (tertiary/aromatic N) is 4. The van der Waals surface area contributed by atoms with E-state index < -0.39 is 0 Å². The van der Waals surface area contributed by atoms with Crippen LogP contribution in [0.1, 0.15) is 49.6 Å². The summed E-state index contributed by atoms with van der Waals surface area (Å²) in [5.74, 6) is 0.844. The number of guanidine groups is 1. The molecule has 0 bridgehead atoms. The van der Waals surface area contributed by atoms with Crippen molar-refractivity contribution in [2.24, 2.45) is 21.7 Å². The summed E-state index contributed by atoms with van der Waals surface area (Å²) in [4.78, 5) is 8.21. The van der Waals surface area contributed by atoms with Crippen molar-refractivity contribution in [2.75, 3.05) is 26.2 Å². The van der Waals surface area contributed by atoms with Crippen molar-refractivity contribution in [1.82, 2.24) is 9.88 Å². The molecule has 4 N–H and O–H groups in total. The lowest BCUT2D eigenvalue weighted by Gasteiger charge is -2.13. The average molecular weight is 429 g/mol. The van der Waals surface area contributed by atoms with E-state index in [1.54, 1.807) is 11.3 Å². The van der Waals surface area contributed by atoms with Crippen LogP contribution in [-0.4, -0.2) is 47.8 Å². The first-order valence-corrected chi connectivity index (χ1v) is 11.4. The third-order valence-corrected chi connectivity index (χ3v) is 6.44. The highest BCUT2D eigenvalue weighted by Crippen LogP contribution is 2.29. The lowest BCUT2D eigenvalue weighted by molar-refractivity contribution is 0.290. The van der Waals surface area contributed by atoms with Gasteiger partial charge < -0.3 is 21.1 Å². The number of aromatic nitrogens is 1. The summed E-state index contributed by atoms with van der Waals surface area (Å²) in [6.07, 6.45) is 6.31. The van der Waals surface area contributed by atoms with Gasteiger partial charge in [0.2, 0.25) is 5.96 Å². The second kappa shape index (κ2) is 11.1. The molecule has 30 heavy (non-hydrogen) atoms. The van der Waals surface area contributed by atoms with Gasteiger partial charge in [-0.05, 0) is 89.9 Å². The van der Waals surface area contributed by atoms with Gasteiger partial charge in [0.1, 0.15) is 10.8 Å². The van der Waals surface area contributed by atoms with E-state index in [4.69, 9.17) is 16.2 Å². The molecule has 3 rings (SSSR count). The normalized spacial score (nSPS) is 14.8. The van der Waals surface area contributed by atoms with Crippen molar-refractivity contribution in [1.29, 1.82) is 0 Å². The minimum absolute atomic E-state index is 0.0566. The number of hydrogen-bond acceptors (Lipinski definition) is 6. The molecule has 7 nitrogen and oxygen atoms in total. The summed E-state index contributed by atoms with van der Waals surface area (Å²) in [7, 11) is 0. The number of unbranched alkanes of at least 4 members (excludes halogenated alkanes) is 2. The van der Waals surface area contributed by atoms with Crippen molar-refractivity contribution in [3.63, 3.8) is 0 Å².